The van der Waals surface area contributed by atoms with Crippen molar-refractivity contribution < 1.29 is 17.6 Å². The van der Waals surface area contributed by atoms with Crippen molar-refractivity contribution in [3.05, 3.63) is 40.6 Å². The number of halogens is 1. The third-order valence-electron chi connectivity index (χ3n) is 15.4. The van der Waals surface area contributed by atoms with Gasteiger partial charge in [-0.3, -0.25) is 4.79 Å². The molecule has 6 aliphatic carbocycles. The summed E-state index contributed by atoms with van der Waals surface area (Å²) in [6.45, 7) is 4.50. The average molecular weight is 831 g/mol. The number of carbonyl (C=O) groups excluding carboxylic acids is 1. The van der Waals surface area contributed by atoms with E-state index >= 15 is 0 Å². The van der Waals surface area contributed by atoms with E-state index in [4.69, 9.17) is 4.79 Å². The Kier molecular flexibility index (Phi) is 15.9. The Morgan fingerprint density at radius 3 is 0.920 bits per heavy atom. The van der Waals surface area contributed by atoms with Crippen molar-refractivity contribution in [3.8, 4) is 0 Å². The van der Waals surface area contributed by atoms with E-state index < -0.39 is 24.0 Å². The van der Waals surface area contributed by atoms with Crippen molar-refractivity contribution in [1.29, 1.82) is 0 Å². The van der Waals surface area contributed by atoms with Crippen molar-refractivity contribution in [1.82, 2.24) is 0 Å². The summed E-state index contributed by atoms with van der Waals surface area (Å²) in [5.74, 6) is 0. The van der Waals surface area contributed by atoms with Gasteiger partial charge in [-0.15, -0.1) is 0 Å². The van der Waals surface area contributed by atoms with Gasteiger partial charge >= 0.3 is 307 Å². The third-order valence-corrected chi connectivity index (χ3v) is 76.1. The van der Waals surface area contributed by atoms with Crippen LogP contribution in [-0.2, 0) is 17.6 Å². The van der Waals surface area contributed by atoms with E-state index in [1.807, 2.05) is 0 Å². The van der Waals surface area contributed by atoms with Crippen LogP contribution in [0.5, 0.6) is 0 Å². The van der Waals surface area contributed by atoms with E-state index in [-0.39, 0.29) is 0 Å². The molecule has 0 aromatic heterocycles. The first-order valence-corrected chi connectivity index (χ1v) is 34.7. The van der Waals surface area contributed by atoms with E-state index in [2.05, 4.69) is 47.9 Å². The number of rotatable bonds is 10. The predicted molar refractivity (Wildman–Crippen MR) is 225 cm³/mol. The molecule has 6 saturated carbocycles. The molecule has 5 heteroatoms. The summed E-state index contributed by atoms with van der Waals surface area (Å²) in [7, 11) is 9.94. The molecule has 6 aliphatic rings. The normalized spacial score (nSPS) is 27.9. The summed E-state index contributed by atoms with van der Waals surface area (Å²) in [4.78, 5) is 7.50. The molecule has 2 radical (unpaired) electrons. The van der Waals surface area contributed by atoms with E-state index in [0.717, 1.165) is 34.0 Å². The average Bonchev–Trinajstić information content (AvgIpc) is 3.21. The fraction of sp³-hybridized carbons (Fsp3) is 0.800. The number of hydrogen-bond donors (Lipinski definition) is 0. The van der Waals surface area contributed by atoms with Gasteiger partial charge in [0.1, 0.15) is 0 Å². The maximum atomic E-state index is 9.94. The van der Waals surface area contributed by atoms with Gasteiger partial charge in [0.2, 0.25) is 0 Å². The third kappa shape index (κ3) is 8.03. The van der Waals surface area contributed by atoms with E-state index in [1.165, 1.54) is 121 Å². The molecule has 0 heterocycles. The van der Waals surface area contributed by atoms with Crippen molar-refractivity contribution in [2.24, 2.45) is 0 Å². The maximum absolute atomic E-state index is 9.94. The molecular formula is C45H75ClOP2Ru. The van der Waals surface area contributed by atoms with Crippen LogP contribution in [0.15, 0.2) is 35.0 Å². The Bertz CT molecular complexity index is 986. The molecule has 1 aromatic rings. The van der Waals surface area contributed by atoms with E-state index in [9.17, 15) is 9.69 Å². The topological polar surface area (TPSA) is 17.1 Å². The van der Waals surface area contributed by atoms with Crippen LogP contribution in [0.2, 0.25) is 0 Å². The van der Waals surface area contributed by atoms with Crippen LogP contribution in [0.1, 0.15) is 198 Å². The van der Waals surface area contributed by atoms with Crippen molar-refractivity contribution in [2.75, 3.05) is 0 Å². The second-order valence-electron chi connectivity index (χ2n) is 17.8. The molecule has 0 unspecified atom stereocenters. The molecule has 50 heavy (non-hydrogen) atoms. The zero-order valence-electron chi connectivity index (χ0n) is 31.9. The first-order valence-electron chi connectivity index (χ1n) is 22.1. The van der Waals surface area contributed by atoms with Gasteiger partial charge in [-0.05, 0) is 0 Å². The Morgan fingerprint density at radius 2 is 0.680 bits per heavy atom. The molecule has 0 aliphatic heterocycles. The summed E-state index contributed by atoms with van der Waals surface area (Å²) in [5.41, 5.74) is 3.79. The van der Waals surface area contributed by atoms with E-state index in [1.54, 1.807) is 77.0 Å². The summed E-state index contributed by atoms with van der Waals surface area (Å²) in [6, 6.07) is 11.7. The van der Waals surface area contributed by atoms with Gasteiger partial charge in [-0.2, -0.15) is 0 Å². The molecule has 1 aromatic carbocycles. The fourth-order valence-corrected chi connectivity index (χ4v) is 101. The number of hydrogen-bond acceptors (Lipinski definition) is 1. The van der Waals surface area contributed by atoms with Crippen molar-refractivity contribution in [2.45, 2.75) is 227 Å². The predicted octanol–water partition coefficient (Wildman–Crippen LogP) is 14.9. The van der Waals surface area contributed by atoms with Gasteiger partial charge < -0.3 is 0 Å². The quantitative estimate of drug-likeness (QED) is 0.170. The fourth-order valence-electron chi connectivity index (χ4n) is 13.7. The van der Waals surface area contributed by atoms with Crippen LogP contribution in [0.4, 0.5) is 0 Å². The molecule has 0 amide bonds. The Hall–Kier alpha value is 0.403. The molecule has 286 valence electrons. The molecule has 0 bridgehead atoms. The molecule has 0 saturated heterocycles. The van der Waals surface area contributed by atoms with Gasteiger partial charge in [-0.25, -0.2) is 0 Å². The first-order chi connectivity index (χ1) is 24.7. The zero-order chi connectivity index (χ0) is 34.7. The van der Waals surface area contributed by atoms with Crippen LogP contribution in [0.25, 0.3) is 6.08 Å². The van der Waals surface area contributed by atoms with Crippen LogP contribution < -0.4 is 0 Å². The molecule has 0 spiro atoms. The Morgan fingerprint density at radius 1 is 0.440 bits per heavy atom. The second kappa shape index (κ2) is 19.8. The van der Waals surface area contributed by atoms with Gasteiger partial charge in [0, 0.05) is 0 Å². The van der Waals surface area contributed by atoms with Gasteiger partial charge in [-0.1, -0.05) is 0 Å². The molecule has 0 N–H and O–H groups in total. The minimum atomic E-state index is -2.99. The van der Waals surface area contributed by atoms with Crippen LogP contribution in [-0.4, -0.2) is 40.7 Å². The van der Waals surface area contributed by atoms with Gasteiger partial charge in [0.15, 0.2) is 0 Å². The SMILES string of the molecule is [C]=O.[Cl][Ru]([CH]=Cc1ccccc1)([PH](C1CCCCC1)(C1CCCCC1)C1CCCCC1)[PH](C1CCCCC1)(C1CCCCC1)C1CCCCC1. The summed E-state index contributed by atoms with van der Waals surface area (Å²) in [6.07, 6.45) is 49.1. The summed E-state index contributed by atoms with van der Waals surface area (Å²) >= 11 is -2.99. The molecular weight excluding hydrogens is 755 g/mol. The molecule has 6 fully saturated rings. The Labute approximate surface area is 316 Å². The van der Waals surface area contributed by atoms with Crippen LogP contribution >= 0.6 is 20.9 Å². The van der Waals surface area contributed by atoms with Crippen molar-refractivity contribution >= 4 is 33.7 Å². The minimum absolute atomic E-state index is 1.05. The molecule has 1 nitrogen and oxygen atoms in total. The van der Waals surface area contributed by atoms with Crippen molar-refractivity contribution in [3.63, 3.8) is 0 Å². The van der Waals surface area contributed by atoms with Crippen LogP contribution in [0, 0.1) is 0 Å². The van der Waals surface area contributed by atoms with Gasteiger partial charge in [0.05, 0.1) is 0 Å². The summed E-state index contributed by atoms with van der Waals surface area (Å²) < 4.78 is 3.17. The zero-order valence-corrected chi connectivity index (χ0v) is 36.4. The summed E-state index contributed by atoms with van der Waals surface area (Å²) in [5, 5.41) is 0. The van der Waals surface area contributed by atoms with Crippen LogP contribution in [0.3, 0.4) is 0 Å². The Balaban J connectivity index is 0.00000212. The van der Waals surface area contributed by atoms with E-state index in [0.29, 0.717) is 0 Å². The monoisotopic (exact) mass is 830 g/mol. The first kappa shape index (κ1) is 40.1. The van der Waals surface area contributed by atoms with Gasteiger partial charge in [0.25, 0.3) is 6.79 Å². The molecule has 0 atom stereocenters. The number of benzene rings is 1. The molecule has 7 rings (SSSR count). The second-order valence-corrected chi connectivity index (χ2v) is 51.9. The standard InChI is InChI=1S/2C18H33P.C8H7.CO.ClH.Ru/c2*1-4-10-16(11-5-1)19(17-12-6-2-7-13-17)18-14-8-3-9-15-18;1-2-8-6-4-3-5-7-8;1-2;;/h2*16-18H,1-15H2;1-7H;;1H;/q;;;;;-1/p+1.